The minimum absolute atomic E-state index is 0.367. The SMILES string of the molecule is CCCc1cccc(C[C@@H](CCNCCN(C=O)Cc2ccccc2)N(Cc2ccccc2)Cc2ccccc2)c1. The van der Waals surface area contributed by atoms with Gasteiger partial charge in [0.2, 0.25) is 6.41 Å². The molecule has 0 bridgehead atoms. The third kappa shape index (κ3) is 10.6. The van der Waals surface area contributed by atoms with Crippen molar-refractivity contribution in [3.63, 3.8) is 0 Å². The Morgan fingerprint density at radius 3 is 1.76 bits per heavy atom. The average molecular weight is 548 g/mol. The number of hydrogen-bond acceptors (Lipinski definition) is 3. The average Bonchev–Trinajstić information content (AvgIpc) is 3.01. The van der Waals surface area contributed by atoms with Gasteiger partial charge in [-0.25, -0.2) is 0 Å². The first kappa shape index (κ1) is 30.2. The van der Waals surface area contributed by atoms with Crippen LogP contribution in [0.2, 0.25) is 0 Å². The Balaban J connectivity index is 1.44. The van der Waals surface area contributed by atoms with Crippen LogP contribution in [0.25, 0.3) is 0 Å². The largest absolute Gasteiger partial charge is 0.340 e. The van der Waals surface area contributed by atoms with Gasteiger partial charge in [-0.05, 0) is 53.6 Å². The van der Waals surface area contributed by atoms with Crippen LogP contribution in [0.5, 0.6) is 0 Å². The van der Waals surface area contributed by atoms with E-state index in [1.54, 1.807) is 0 Å². The molecule has 4 heteroatoms. The summed E-state index contributed by atoms with van der Waals surface area (Å²) in [5.41, 5.74) is 6.66. The van der Waals surface area contributed by atoms with Crippen LogP contribution in [0.4, 0.5) is 0 Å². The Morgan fingerprint density at radius 2 is 1.20 bits per heavy atom. The summed E-state index contributed by atoms with van der Waals surface area (Å²) in [5.74, 6) is 0. The van der Waals surface area contributed by atoms with E-state index in [9.17, 15) is 4.79 Å². The fraction of sp³-hybridized carbons (Fsp3) is 0.324. The Labute approximate surface area is 247 Å². The summed E-state index contributed by atoms with van der Waals surface area (Å²) in [4.78, 5) is 16.2. The Kier molecular flexibility index (Phi) is 12.7. The third-order valence-electron chi connectivity index (χ3n) is 7.58. The minimum Gasteiger partial charge on any atom is -0.340 e. The molecule has 0 aliphatic carbocycles. The molecule has 0 saturated carbocycles. The molecule has 1 N–H and O–H groups in total. The van der Waals surface area contributed by atoms with Crippen molar-refractivity contribution in [2.45, 2.75) is 58.3 Å². The highest BCUT2D eigenvalue weighted by molar-refractivity contribution is 5.47. The van der Waals surface area contributed by atoms with Gasteiger partial charge in [0.05, 0.1) is 0 Å². The molecular weight excluding hydrogens is 502 g/mol. The quantitative estimate of drug-likeness (QED) is 0.109. The van der Waals surface area contributed by atoms with Gasteiger partial charge in [-0.15, -0.1) is 0 Å². The molecule has 4 aromatic rings. The number of carbonyl (C=O) groups is 1. The lowest BCUT2D eigenvalue weighted by Crippen LogP contribution is -2.39. The monoisotopic (exact) mass is 547 g/mol. The van der Waals surface area contributed by atoms with Gasteiger partial charge in [-0.1, -0.05) is 129 Å². The number of hydrogen-bond donors (Lipinski definition) is 1. The smallest absolute Gasteiger partial charge is 0.210 e. The molecule has 0 fully saturated rings. The van der Waals surface area contributed by atoms with E-state index in [2.05, 4.69) is 114 Å². The maximum Gasteiger partial charge on any atom is 0.210 e. The highest BCUT2D eigenvalue weighted by Crippen LogP contribution is 2.20. The summed E-state index contributed by atoms with van der Waals surface area (Å²) < 4.78 is 0. The highest BCUT2D eigenvalue weighted by Gasteiger charge is 2.20. The predicted molar refractivity (Wildman–Crippen MR) is 170 cm³/mol. The van der Waals surface area contributed by atoms with Crippen molar-refractivity contribution >= 4 is 6.41 Å². The fourth-order valence-electron chi connectivity index (χ4n) is 5.44. The second-order valence-corrected chi connectivity index (χ2v) is 10.9. The van der Waals surface area contributed by atoms with E-state index in [1.807, 2.05) is 23.1 Å². The first-order valence-electron chi connectivity index (χ1n) is 15.1. The number of nitrogens with one attached hydrogen (secondary N) is 1. The van der Waals surface area contributed by atoms with Crippen LogP contribution in [0.15, 0.2) is 115 Å². The molecule has 0 spiro atoms. The minimum atomic E-state index is 0.367. The predicted octanol–water partition coefficient (Wildman–Crippen LogP) is 6.89. The van der Waals surface area contributed by atoms with Crippen LogP contribution in [0.3, 0.4) is 0 Å². The number of benzene rings is 4. The van der Waals surface area contributed by atoms with Crippen molar-refractivity contribution in [2.75, 3.05) is 19.6 Å². The molecule has 0 radical (unpaired) electrons. The zero-order chi connectivity index (χ0) is 28.5. The molecule has 1 amide bonds. The van der Waals surface area contributed by atoms with Crippen LogP contribution in [-0.4, -0.2) is 41.9 Å². The number of nitrogens with zero attached hydrogens (tertiary/aromatic N) is 2. The number of aryl methyl sites for hydroxylation is 1. The van der Waals surface area contributed by atoms with Gasteiger partial charge in [-0.2, -0.15) is 0 Å². The van der Waals surface area contributed by atoms with Gasteiger partial charge in [0, 0.05) is 38.8 Å². The summed E-state index contributed by atoms with van der Waals surface area (Å²) in [6.07, 6.45) is 5.27. The zero-order valence-electron chi connectivity index (χ0n) is 24.5. The molecular formula is C37H45N3O. The van der Waals surface area contributed by atoms with Gasteiger partial charge in [-0.3, -0.25) is 9.69 Å². The van der Waals surface area contributed by atoms with Crippen LogP contribution in [0, 0.1) is 0 Å². The summed E-state index contributed by atoms with van der Waals surface area (Å²) in [6, 6.07) is 41.3. The van der Waals surface area contributed by atoms with E-state index < -0.39 is 0 Å². The van der Waals surface area contributed by atoms with Crippen molar-refractivity contribution in [2.24, 2.45) is 0 Å². The van der Waals surface area contributed by atoms with Crippen LogP contribution >= 0.6 is 0 Å². The molecule has 0 aliphatic heterocycles. The second-order valence-electron chi connectivity index (χ2n) is 10.9. The Bertz CT molecular complexity index is 1220. The maximum atomic E-state index is 11.7. The lowest BCUT2D eigenvalue weighted by Gasteiger charge is -2.33. The van der Waals surface area contributed by atoms with E-state index in [-0.39, 0.29) is 0 Å². The van der Waals surface area contributed by atoms with Crippen LogP contribution < -0.4 is 5.32 Å². The fourth-order valence-corrected chi connectivity index (χ4v) is 5.44. The van der Waals surface area contributed by atoms with Crippen LogP contribution in [-0.2, 0) is 37.3 Å². The third-order valence-corrected chi connectivity index (χ3v) is 7.58. The van der Waals surface area contributed by atoms with E-state index >= 15 is 0 Å². The summed E-state index contributed by atoms with van der Waals surface area (Å²) in [5, 5.41) is 3.64. The molecule has 1 atom stereocenters. The molecule has 0 aromatic heterocycles. The normalized spacial score (nSPS) is 11.9. The van der Waals surface area contributed by atoms with Crippen molar-refractivity contribution in [3.8, 4) is 0 Å². The van der Waals surface area contributed by atoms with Gasteiger partial charge in [0.25, 0.3) is 0 Å². The van der Waals surface area contributed by atoms with Crippen molar-refractivity contribution in [1.82, 2.24) is 15.1 Å². The number of rotatable bonds is 18. The molecule has 4 nitrogen and oxygen atoms in total. The molecule has 0 saturated heterocycles. The topological polar surface area (TPSA) is 35.6 Å². The second kappa shape index (κ2) is 17.2. The molecule has 4 aromatic carbocycles. The summed E-state index contributed by atoms with van der Waals surface area (Å²) in [7, 11) is 0. The maximum absolute atomic E-state index is 11.7. The molecule has 0 aliphatic rings. The summed E-state index contributed by atoms with van der Waals surface area (Å²) >= 11 is 0. The van der Waals surface area contributed by atoms with E-state index in [0.29, 0.717) is 19.1 Å². The summed E-state index contributed by atoms with van der Waals surface area (Å²) in [6.45, 7) is 7.08. The van der Waals surface area contributed by atoms with E-state index in [4.69, 9.17) is 0 Å². The zero-order valence-corrected chi connectivity index (χ0v) is 24.5. The first-order valence-corrected chi connectivity index (χ1v) is 15.1. The Morgan fingerprint density at radius 1 is 0.659 bits per heavy atom. The van der Waals surface area contributed by atoms with E-state index in [1.165, 1.54) is 22.3 Å². The first-order chi connectivity index (χ1) is 20.2. The van der Waals surface area contributed by atoms with Gasteiger partial charge >= 0.3 is 0 Å². The van der Waals surface area contributed by atoms with Gasteiger partial charge in [0.15, 0.2) is 0 Å². The standard InChI is InChI=1S/C37H45N3O/c1-2-13-32-20-12-21-36(26-32)27-37(22-23-38-24-25-39(31-41)28-33-14-6-3-7-15-33)40(29-34-16-8-4-9-17-34)30-35-18-10-5-11-19-35/h3-12,14-21,26,31,37-38H,2,13,22-25,27-30H2,1H3/t37-/m1/s1. The molecule has 4 rings (SSSR count). The lowest BCUT2D eigenvalue weighted by atomic mass is 9.97. The van der Waals surface area contributed by atoms with Crippen LogP contribution in [0.1, 0.15) is 47.6 Å². The molecule has 214 valence electrons. The number of carbonyl (C=O) groups excluding carboxylic acids is 1. The van der Waals surface area contributed by atoms with E-state index in [0.717, 1.165) is 63.8 Å². The Hall–Kier alpha value is -3.73. The molecule has 41 heavy (non-hydrogen) atoms. The molecule has 0 heterocycles. The molecule has 0 unspecified atom stereocenters. The van der Waals surface area contributed by atoms with Crippen molar-refractivity contribution in [3.05, 3.63) is 143 Å². The van der Waals surface area contributed by atoms with Gasteiger partial charge < -0.3 is 10.2 Å². The number of amides is 1. The lowest BCUT2D eigenvalue weighted by molar-refractivity contribution is -0.118. The van der Waals surface area contributed by atoms with Crippen molar-refractivity contribution in [1.29, 1.82) is 0 Å². The highest BCUT2D eigenvalue weighted by atomic mass is 16.1. The van der Waals surface area contributed by atoms with Crippen molar-refractivity contribution < 1.29 is 4.79 Å². The van der Waals surface area contributed by atoms with Gasteiger partial charge in [0.1, 0.15) is 0 Å².